The Labute approximate surface area is 153 Å². The lowest BCUT2D eigenvalue weighted by molar-refractivity contribution is -0.137. The number of hydrogen-bond donors (Lipinski definition) is 1. The van der Waals surface area contributed by atoms with E-state index in [-0.39, 0.29) is 24.9 Å². The minimum absolute atomic E-state index is 0.0778. The van der Waals surface area contributed by atoms with Crippen LogP contribution in [0, 0.1) is 11.6 Å². The lowest BCUT2D eigenvalue weighted by Crippen LogP contribution is -2.24. The number of para-hydroxylation sites is 1. The average molecular weight is 370 g/mol. The summed E-state index contributed by atoms with van der Waals surface area (Å²) < 4.78 is 27.8. The molecule has 0 atom stereocenters. The van der Waals surface area contributed by atoms with Gasteiger partial charge in [-0.05, 0) is 42.3 Å². The summed E-state index contributed by atoms with van der Waals surface area (Å²) in [4.78, 5) is 28.0. The largest absolute Gasteiger partial charge is 0.481 e. The van der Waals surface area contributed by atoms with Gasteiger partial charge in [0, 0.05) is 13.0 Å². The lowest BCUT2D eigenvalue weighted by atomic mass is 10.2. The van der Waals surface area contributed by atoms with E-state index < -0.39 is 17.6 Å². The molecule has 3 rings (SSSR count). The Morgan fingerprint density at radius 1 is 1.11 bits per heavy atom. The molecule has 0 spiro atoms. The monoisotopic (exact) mass is 370 g/mol. The SMILES string of the molecule is O=C(O)CCCn1c(C=Cc2ccc(F)c(F)c2)nc2ccccc2c1=O. The lowest BCUT2D eigenvalue weighted by Gasteiger charge is -2.10. The molecule has 1 N–H and O–H groups in total. The Kier molecular flexibility index (Phi) is 5.40. The first-order valence-electron chi connectivity index (χ1n) is 8.30. The quantitative estimate of drug-likeness (QED) is 0.718. The number of aromatic nitrogens is 2. The van der Waals surface area contributed by atoms with Gasteiger partial charge in [0.1, 0.15) is 5.82 Å². The van der Waals surface area contributed by atoms with Crippen molar-refractivity contribution in [1.82, 2.24) is 9.55 Å². The van der Waals surface area contributed by atoms with Crippen molar-refractivity contribution in [3.63, 3.8) is 0 Å². The summed E-state index contributed by atoms with van der Waals surface area (Å²) in [5.41, 5.74) is 0.631. The maximum Gasteiger partial charge on any atom is 0.303 e. The zero-order valence-corrected chi connectivity index (χ0v) is 14.2. The van der Waals surface area contributed by atoms with Crippen molar-refractivity contribution in [3.05, 3.63) is 75.8 Å². The molecular formula is C20H16F2N2O3. The molecular weight excluding hydrogens is 354 g/mol. The molecule has 2 aromatic carbocycles. The third kappa shape index (κ3) is 4.25. The van der Waals surface area contributed by atoms with E-state index in [4.69, 9.17) is 5.11 Å². The van der Waals surface area contributed by atoms with Gasteiger partial charge in [-0.25, -0.2) is 13.8 Å². The minimum atomic E-state index is -0.970. The maximum atomic E-state index is 13.4. The van der Waals surface area contributed by atoms with Crippen LogP contribution in [-0.4, -0.2) is 20.6 Å². The van der Waals surface area contributed by atoms with Crippen molar-refractivity contribution >= 4 is 29.0 Å². The van der Waals surface area contributed by atoms with Gasteiger partial charge in [-0.2, -0.15) is 0 Å². The van der Waals surface area contributed by atoms with Gasteiger partial charge in [-0.1, -0.05) is 24.3 Å². The highest BCUT2D eigenvalue weighted by molar-refractivity contribution is 5.79. The number of carbonyl (C=O) groups is 1. The van der Waals surface area contributed by atoms with Crippen molar-refractivity contribution in [1.29, 1.82) is 0 Å². The molecule has 0 radical (unpaired) electrons. The summed E-state index contributed by atoms with van der Waals surface area (Å²) in [7, 11) is 0. The Morgan fingerprint density at radius 2 is 1.89 bits per heavy atom. The number of benzene rings is 2. The van der Waals surface area contributed by atoms with Crippen LogP contribution in [0.1, 0.15) is 24.2 Å². The van der Waals surface area contributed by atoms with Gasteiger partial charge in [0.25, 0.3) is 5.56 Å². The van der Waals surface area contributed by atoms with Crippen molar-refractivity contribution < 1.29 is 18.7 Å². The minimum Gasteiger partial charge on any atom is -0.481 e. The number of hydrogen-bond acceptors (Lipinski definition) is 3. The zero-order valence-electron chi connectivity index (χ0n) is 14.2. The second-order valence-electron chi connectivity index (χ2n) is 5.95. The summed E-state index contributed by atoms with van der Waals surface area (Å²) in [6.45, 7) is 0.181. The fourth-order valence-corrected chi connectivity index (χ4v) is 2.70. The highest BCUT2D eigenvalue weighted by Crippen LogP contribution is 2.14. The predicted molar refractivity (Wildman–Crippen MR) is 98.2 cm³/mol. The third-order valence-corrected chi connectivity index (χ3v) is 4.03. The first kappa shape index (κ1) is 18.4. The normalized spacial score (nSPS) is 11.3. The Hall–Kier alpha value is -3.35. The summed E-state index contributed by atoms with van der Waals surface area (Å²) in [6.07, 6.45) is 3.24. The molecule has 0 bridgehead atoms. The number of halogens is 2. The number of aliphatic carboxylic acids is 1. The van der Waals surface area contributed by atoms with Crippen LogP contribution in [0.5, 0.6) is 0 Å². The molecule has 0 saturated carbocycles. The Bertz CT molecular complexity index is 1090. The van der Waals surface area contributed by atoms with Crippen molar-refractivity contribution in [2.75, 3.05) is 0 Å². The molecule has 0 aliphatic heterocycles. The second kappa shape index (κ2) is 7.90. The van der Waals surface area contributed by atoms with Gasteiger partial charge in [0.15, 0.2) is 11.6 Å². The van der Waals surface area contributed by atoms with Crippen LogP contribution in [-0.2, 0) is 11.3 Å². The van der Waals surface area contributed by atoms with Crippen molar-refractivity contribution in [2.45, 2.75) is 19.4 Å². The van der Waals surface area contributed by atoms with E-state index in [0.717, 1.165) is 12.1 Å². The van der Waals surface area contributed by atoms with Crippen LogP contribution >= 0.6 is 0 Å². The van der Waals surface area contributed by atoms with E-state index in [0.29, 0.717) is 22.3 Å². The molecule has 138 valence electrons. The number of nitrogens with zero attached hydrogens (tertiary/aromatic N) is 2. The predicted octanol–water partition coefficient (Wildman–Crippen LogP) is 3.71. The van der Waals surface area contributed by atoms with Crippen LogP contribution in [0.15, 0.2) is 47.3 Å². The number of carboxylic acids is 1. The molecule has 0 aliphatic carbocycles. The number of rotatable bonds is 6. The van der Waals surface area contributed by atoms with Gasteiger partial charge >= 0.3 is 5.97 Å². The highest BCUT2D eigenvalue weighted by atomic mass is 19.2. The third-order valence-electron chi connectivity index (χ3n) is 4.03. The zero-order chi connectivity index (χ0) is 19.4. The summed E-state index contributed by atoms with van der Waals surface area (Å²) in [6, 6.07) is 10.3. The maximum absolute atomic E-state index is 13.4. The summed E-state index contributed by atoms with van der Waals surface area (Å²) in [5, 5.41) is 9.25. The molecule has 27 heavy (non-hydrogen) atoms. The van der Waals surface area contributed by atoms with E-state index in [1.165, 1.54) is 22.8 Å². The van der Waals surface area contributed by atoms with Crippen LogP contribution in [0.2, 0.25) is 0 Å². The van der Waals surface area contributed by atoms with Gasteiger partial charge in [0.05, 0.1) is 10.9 Å². The smallest absolute Gasteiger partial charge is 0.303 e. The van der Waals surface area contributed by atoms with Crippen molar-refractivity contribution in [3.8, 4) is 0 Å². The molecule has 0 saturated heterocycles. The second-order valence-corrected chi connectivity index (χ2v) is 5.95. The van der Waals surface area contributed by atoms with Crippen LogP contribution in [0.3, 0.4) is 0 Å². The topological polar surface area (TPSA) is 72.2 Å². The molecule has 3 aromatic rings. The van der Waals surface area contributed by atoms with Crippen LogP contribution < -0.4 is 5.56 Å². The van der Waals surface area contributed by atoms with Gasteiger partial charge in [0.2, 0.25) is 0 Å². The standard InChI is InChI=1S/C20H16F2N2O3/c21-15-9-7-13(12-16(15)22)8-10-18-23-17-5-2-1-4-14(17)20(27)24(18)11-3-6-19(25)26/h1-2,4-5,7-10,12H,3,6,11H2,(H,25,26). The number of carboxylic acid groups (broad SMARTS) is 1. The molecule has 5 nitrogen and oxygen atoms in total. The van der Waals surface area contributed by atoms with E-state index in [1.54, 1.807) is 24.3 Å². The van der Waals surface area contributed by atoms with E-state index in [2.05, 4.69) is 4.98 Å². The number of fused-ring (bicyclic) bond motifs is 1. The first-order chi connectivity index (χ1) is 13.0. The van der Waals surface area contributed by atoms with Crippen LogP contribution in [0.4, 0.5) is 8.78 Å². The highest BCUT2D eigenvalue weighted by Gasteiger charge is 2.10. The first-order valence-corrected chi connectivity index (χ1v) is 8.30. The van der Waals surface area contributed by atoms with Gasteiger partial charge in [-0.3, -0.25) is 14.2 Å². The molecule has 1 aromatic heterocycles. The van der Waals surface area contributed by atoms with Gasteiger partial charge < -0.3 is 5.11 Å². The molecule has 1 heterocycles. The van der Waals surface area contributed by atoms with Gasteiger partial charge in [-0.15, -0.1) is 0 Å². The summed E-state index contributed by atoms with van der Waals surface area (Å²) in [5.74, 6) is -2.55. The fraction of sp³-hybridized carbons (Fsp3) is 0.150. The molecule has 0 fully saturated rings. The fourth-order valence-electron chi connectivity index (χ4n) is 2.70. The summed E-state index contributed by atoms with van der Waals surface area (Å²) >= 11 is 0. The van der Waals surface area contributed by atoms with E-state index >= 15 is 0 Å². The Balaban J connectivity index is 2.03. The molecule has 0 aliphatic rings. The Morgan fingerprint density at radius 3 is 2.63 bits per heavy atom. The van der Waals surface area contributed by atoms with E-state index in [9.17, 15) is 18.4 Å². The molecule has 0 unspecified atom stereocenters. The van der Waals surface area contributed by atoms with Crippen molar-refractivity contribution in [2.24, 2.45) is 0 Å². The molecule has 7 heteroatoms. The molecule has 0 amide bonds. The van der Waals surface area contributed by atoms with Crippen LogP contribution in [0.25, 0.3) is 23.1 Å². The average Bonchev–Trinajstić information content (AvgIpc) is 2.64. The van der Waals surface area contributed by atoms with E-state index in [1.807, 2.05) is 0 Å².